The molecule has 2 N–H and O–H groups in total. The van der Waals surface area contributed by atoms with Crippen LogP contribution in [0.2, 0.25) is 0 Å². The number of aliphatic hydroxyl groups excluding tert-OH is 1. The average molecular weight is 237 g/mol. The molecule has 0 spiro atoms. The zero-order chi connectivity index (χ0) is 12.3. The van der Waals surface area contributed by atoms with Crippen molar-refractivity contribution < 1.29 is 5.11 Å². The summed E-state index contributed by atoms with van der Waals surface area (Å²) in [4.78, 5) is 0. The molecule has 0 amide bonds. The molecule has 1 aromatic heterocycles. The second-order valence-electron chi connectivity index (χ2n) is 5.05. The summed E-state index contributed by atoms with van der Waals surface area (Å²) >= 11 is 0. The Hall–Kier alpha value is -0.870. The minimum Gasteiger partial charge on any atom is -0.394 e. The van der Waals surface area contributed by atoms with Crippen molar-refractivity contribution in [1.29, 1.82) is 0 Å². The van der Waals surface area contributed by atoms with Crippen LogP contribution in [0.3, 0.4) is 0 Å². The van der Waals surface area contributed by atoms with Crippen molar-refractivity contribution in [3.05, 3.63) is 18.0 Å². The molecule has 0 aromatic carbocycles. The maximum atomic E-state index is 9.22. The van der Waals surface area contributed by atoms with Gasteiger partial charge in [0, 0.05) is 18.3 Å². The van der Waals surface area contributed by atoms with E-state index in [-0.39, 0.29) is 12.1 Å². The van der Waals surface area contributed by atoms with Gasteiger partial charge in [-0.05, 0) is 31.7 Å². The molecule has 1 fully saturated rings. The maximum Gasteiger partial charge on any atom is 0.0762 e. The molecule has 1 aliphatic rings. The molecule has 2 rings (SSSR count). The molecular formula is C13H23N3O. The first-order valence-electron chi connectivity index (χ1n) is 6.63. The van der Waals surface area contributed by atoms with Crippen LogP contribution in [-0.4, -0.2) is 27.0 Å². The van der Waals surface area contributed by atoms with Gasteiger partial charge in [-0.1, -0.05) is 13.8 Å². The Morgan fingerprint density at radius 2 is 2.18 bits per heavy atom. The number of nitrogens with zero attached hydrogens (tertiary/aromatic N) is 2. The number of hydrogen-bond donors (Lipinski definition) is 2. The number of hydrogen-bond acceptors (Lipinski definition) is 3. The first-order valence-corrected chi connectivity index (χ1v) is 6.63. The zero-order valence-corrected chi connectivity index (χ0v) is 10.8. The second-order valence-corrected chi connectivity index (χ2v) is 5.05. The van der Waals surface area contributed by atoms with Crippen LogP contribution in [0.1, 0.15) is 51.3 Å². The van der Waals surface area contributed by atoms with E-state index in [1.165, 1.54) is 0 Å². The molecular weight excluding hydrogens is 214 g/mol. The smallest absolute Gasteiger partial charge is 0.0762 e. The second kappa shape index (κ2) is 5.19. The van der Waals surface area contributed by atoms with Gasteiger partial charge in [0.05, 0.1) is 18.3 Å². The Morgan fingerprint density at radius 3 is 2.71 bits per heavy atom. The molecule has 0 atom stereocenters. The fraction of sp³-hybridized carbons (Fsp3) is 0.769. The number of nitrogens with one attached hydrogen (secondary N) is 1. The van der Waals surface area contributed by atoms with Crippen LogP contribution in [-0.2, 0) is 6.54 Å². The third-order valence-electron chi connectivity index (χ3n) is 3.78. The normalized spacial score (nSPS) is 17.6. The van der Waals surface area contributed by atoms with Gasteiger partial charge < -0.3 is 10.4 Å². The molecule has 17 heavy (non-hydrogen) atoms. The van der Waals surface area contributed by atoms with Gasteiger partial charge in [-0.15, -0.1) is 0 Å². The monoisotopic (exact) mass is 237 g/mol. The summed E-state index contributed by atoms with van der Waals surface area (Å²) < 4.78 is 2.07. The van der Waals surface area contributed by atoms with E-state index in [0.717, 1.165) is 37.9 Å². The third-order valence-corrected chi connectivity index (χ3v) is 3.78. The van der Waals surface area contributed by atoms with Gasteiger partial charge in [0.1, 0.15) is 0 Å². The van der Waals surface area contributed by atoms with Crippen molar-refractivity contribution >= 4 is 0 Å². The molecule has 4 heteroatoms. The van der Waals surface area contributed by atoms with E-state index in [9.17, 15) is 5.11 Å². The Labute approximate surface area is 103 Å². The van der Waals surface area contributed by atoms with Gasteiger partial charge in [-0.3, -0.25) is 4.68 Å². The minimum atomic E-state index is -0.00130. The molecule has 0 radical (unpaired) electrons. The van der Waals surface area contributed by atoms with Crippen molar-refractivity contribution in [2.24, 2.45) is 0 Å². The van der Waals surface area contributed by atoms with Crippen LogP contribution in [0.5, 0.6) is 0 Å². The van der Waals surface area contributed by atoms with Crippen LogP contribution in [0.15, 0.2) is 12.3 Å². The lowest BCUT2D eigenvalue weighted by atomic mass is 10.2. The van der Waals surface area contributed by atoms with Gasteiger partial charge in [0.2, 0.25) is 0 Å². The summed E-state index contributed by atoms with van der Waals surface area (Å²) in [7, 11) is 0. The predicted octanol–water partition coefficient (Wildman–Crippen LogP) is 1.86. The summed E-state index contributed by atoms with van der Waals surface area (Å²) in [6.07, 6.45) is 6.46. The number of rotatable bonds is 7. The Bertz CT molecular complexity index is 353. The van der Waals surface area contributed by atoms with E-state index >= 15 is 0 Å². The van der Waals surface area contributed by atoms with Crippen LogP contribution < -0.4 is 5.32 Å². The van der Waals surface area contributed by atoms with Crippen molar-refractivity contribution in [1.82, 2.24) is 15.1 Å². The summed E-state index contributed by atoms with van der Waals surface area (Å²) in [6.45, 7) is 5.38. The minimum absolute atomic E-state index is 0.00130. The van der Waals surface area contributed by atoms with Crippen LogP contribution in [0.4, 0.5) is 0 Å². The molecule has 1 saturated carbocycles. The molecule has 1 aromatic rings. The standard InChI is InChI=1S/C13H23N3O/c1-3-12(4-2)16-8-5-11(15-16)9-14-13(10-17)6-7-13/h5,8,12,14,17H,3-4,6-7,9-10H2,1-2H3. The fourth-order valence-corrected chi connectivity index (χ4v) is 2.16. The molecule has 0 saturated heterocycles. The van der Waals surface area contributed by atoms with E-state index in [4.69, 9.17) is 0 Å². The van der Waals surface area contributed by atoms with Crippen LogP contribution in [0.25, 0.3) is 0 Å². The van der Waals surface area contributed by atoms with E-state index in [2.05, 4.69) is 41.2 Å². The molecule has 96 valence electrons. The topological polar surface area (TPSA) is 50.1 Å². The maximum absolute atomic E-state index is 9.22. The van der Waals surface area contributed by atoms with Crippen molar-refractivity contribution in [2.45, 2.75) is 57.7 Å². The highest BCUT2D eigenvalue weighted by atomic mass is 16.3. The predicted molar refractivity (Wildman–Crippen MR) is 67.7 cm³/mol. The Balaban J connectivity index is 1.89. The van der Waals surface area contributed by atoms with E-state index < -0.39 is 0 Å². The molecule has 0 unspecified atom stereocenters. The number of aliphatic hydroxyl groups is 1. The molecule has 0 aliphatic heterocycles. The Morgan fingerprint density at radius 1 is 1.47 bits per heavy atom. The lowest BCUT2D eigenvalue weighted by Crippen LogP contribution is -2.34. The van der Waals surface area contributed by atoms with Gasteiger partial charge >= 0.3 is 0 Å². The van der Waals surface area contributed by atoms with E-state index in [1.54, 1.807) is 0 Å². The summed E-state index contributed by atoms with van der Waals surface area (Å²) in [6, 6.07) is 2.58. The summed E-state index contributed by atoms with van der Waals surface area (Å²) in [5.74, 6) is 0. The van der Waals surface area contributed by atoms with Gasteiger partial charge in [-0.2, -0.15) is 5.10 Å². The lowest BCUT2D eigenvalue weighted by Gasteiger charge is -2.14. The van der Waals surface area contributed by atoms with Gasteiger partial charge in [0.25, 0.3) is 0 Å². The van der Waals surface area contributed by atoms with E-state index in [1.807, 2.05) is 0 Å². The van der Waals surface area contributed by atoms with Crippen LogP contribution in [0, 0.1) is 0 Å². The number of aromatic nitrogens is 2. The first-order chi connectivity index (χ1) is 8.23. The van der Waals surface area contributed by atoms with Crippen molar-refractivity contribution in [2.75, 3.05) is 6.61 Å². The summed E-state index contributed by atoms with van der Waals surface area (Å²) in [5, 5.41) is 17.2. The van der Waals surface area contributed by atoms with Gasteiger partial charge in [0.15, 0.2) is 0 Å². The largest absolute Gasteiger partial charge is 0.394 e. The SMILES string of the molecule is CCC(CC)n1ccc(CNC2(CO)CC2)n1. The third kappa shape index (κ3) is 2.87. The average Bonchev–Trinajstić information content (AvgIpc) is 3.00. The highest BCUT2D eigenvalue weighted by Gasteiger charge is 2.41. The fourth-order valence-electron chi connectivity index (χ4n) is 2.16. The molecule has 1 aliphatic carbocycles. The Kier molecular flexibility index (Phi) is 3.84. The zero-order valence-electron chi connectivity index (χ0n) is 10.8. The molecule has 1 heterocycles. The van der Waals surface area contributed by atoms with Gasteiger partial charge in [-0.25, -0.2) is 0 Å². The van der Waals surface area contributed by atoms with E-state index in [0.29, 0.717) is 6.04 Å². The first kappa shape index (κ1) is 12.6. The highest BCUT2D eigenvalue weighted by Crippen LogP contribution is 2.34. The van der Waals surface area contributed by atoms with Crippen molar-refractivity contribution in [3.8, 4) is 0 Å². The molecule has 0 bridgehead atoms. The van der Waals surface area contributed by atoms with Crippen LogP contribution >= 0.6 is 0 Å². The van der Waals surface area contributed by atoms with Crippen molar-refractivity contribution in [3.63, 3.8) is 0 Å². The molecule has 4 nitrogen and oxygen atoms in total. The summed E-state index contributed by atoms with van der Waals surface area (Å²) in [5.41, 5.74) is 1.07. The quantitative estimate of drug-likeness (QED) is 0.761. The highest BCUT2D eigenvalue weighted by molar-refractivity contribution is 5.06. The lowest BCUT2D eigenvalue weighted by molar-refractivity contribution is 0.229.